The monoisotopic (exact) mass is 234 g/mol. The van der Waals surface area contributed by atoms with Crippen molar-refractivity contribution in [1.82, 2.24) is 15.4 Å². The third-order valence-electron chi connectivity index (χ3n) is 2.00. The number of nitrogens with zero attached hydrogens (tertiary/aromatic N) is 2. The summed E-state index contributed by atoms with van der Waals surface area (Å²) in [4.78, 5) is 12.7. The first kappa shape index (κ1) is 10.7. The van der Waals surface area contributed by atoms with Gasteiger partial charge in [-0.15, -0.1) is 11.8 Å². The van der Waals surface area contributed by atoms with Crippen molar-refractivity contribution in [3.63, 3.8) is 0 Å². The second-order valence-electron chi connectivity index (χ2n) is 3.04. The van der Waals surface area contributed by atoms with E-state index in [4.69, 9.17) is 0 Å². The Bertz CT molecular complexity index is 466. The smallest absolute Gasteiger partial charge is 0.277 e. The molecule has 1 aromatic heterocycles. The highest BCUT2D eigenvalue weighted by Crippen LogP contribution is 2.17. The van der Waals surface area contributed by atoms with E-state index in [0.717, 1.165) is 10.6 Å². The Hall–Kier alpha value is -1.82. The van der Waals surface area contributed by atoms with Crippen molar-refractivity contribution in [1.29, 1.82) is 0 Å². The number of hydrogen-bond donors (Lipinski definition) is 2. The van der Waals surface area contributed by atoms with Gasteiger partial charge in [0.15, 0.2) is 5.69 Å². The van der Waals surface area contributed by atoms with E-state index in [1.807, 2.05) is 30.5 Å². The summed E-state index contributed by atoms with van der Waals surface area (Å²) < 4.78 is 0. The van der Waals surface area contributed by atoms with Gasteiger partial charge in [-0.1, -0.05) is 0 Å². The predicted molar refractivity (Wildman–Crippen MR) is 62.6 cm³/mol. The molecule has 16 heavy (non-hydrogen) atoms. The molecular formula is C10H10N4OS. The molecule has 2 rings (SSSR count). The highest BCUT2D eigenvalue weighted by molar-refractivity contribution is 7.98. The van der Waals surface area contributed by atoms with Gasteiger partial charge in [-0.25, -0.2) is 0 Å². The number of H-pyrrole nitrogens is 1. The van der Waals surface area contributed by atoms with E-state index >= 15 is 0 Å². The minimum absolute atomic E-state index is 0.272. The molecule has 0 fully saturated rings. The van der Waals surface area contributed by atoms with Crippen LogP contribution in [0.4, 0.5) is 5.69 Å². The lowest BCUT2D eigenvalue weighted by atomic mass is 10.3. The fourth-order valence-corrected chi connectivity index (χ4v) is 1.59. The van der Waals surface area contributed by atoms with E-state index in [9.17, 15) is 4.79 Å². The average molecular weight is 234 g/mol. The number of nitrogens with one attached hydrogen (secondary N) is 2. The van der Waals surface area contributed by atoms with Gasteiger partial charge in [-0.2, -0.15) is 15.4 Å². The SMILES string of the molecule is CSc1ccc(NC(=O)c2cn[nH]n2)cc1. The second kappa shape index (κ2) is 4.80. The van der Waals surface area contributed by atoms with Crippen LogP contribution < -0.4 is 5.32 Å². The van der Waals surface area contributed by atoms with Crippen molar-refractivity contribution in [2.45, 2.75) is 4.90 Å². The topological polar surface area (TPSA) is 70.7 Å². The number of rotatable bonds is 3. The number of amides is 1. The maximum Gasteiger partial charge on any atom is 0.277 e. The van der Waals surface area contributed by atoms with Gasteiger partial charge in [0, 0.05) is 10.6 Å². The van der Waals surface area contributed by atoms with E-state index in [1.54, 1.807) is 11.8 Å². The maximum atomic E-state index is 11.6. The van der Waals surface area contributed by atoms with Gasteiger partial charge in [0.25, 0.3) is 5.91 Å². The number of thioether (sulfide) groups is 1. The summed E-state index contributed by atoms with van der Waals surface area (Å²) in [6, 6.07) is 7.60. The Morgan fingerprint density at radius 3 is 2.69 bits per heavy atom. The third-order valence-corrected chi connectivity index (χ3v) is 2.74. The molecule has 0 spiro atoms. The minimum atomic E-state index is -0.273. The normalized spacial score (nSPS) is 10.1. The maximum absolute atomic E-state index is 11.6. The Morgan fingerprint density at radius 1 is 1.38 bits per heavy atom. The predicted octanol–water partition coefficient (Wildman–Crippen LogP) is 1.78. The lowest BCUT2D eigenvalue weighted by Gasteiger charge is -2.03. The summed E-state index contributed by atoms with van der Waals surface area (Å²) in [5.41, 5.74) is 1.01. The molecule has 0 radical (unpaired) electrons. The standard InChI is InChI=1S/C10H10N4OS/c1-16-8-4-2-7(3-5-8)12-10(15)9-6-11-14-13-9/h2-6H,1H3,(H,12,15)(H,11,13,14). The van der Waals surface area contributed by atoms with Gasteiger partial charge in [-0.05, 0) is 30.5 Å². The van der Waals surface area contributed by atoms with Crippen LogP contribution in [0.15, 0.2) is 35.4 Å². The molecular weight excluding hydrogens is 224 g/mol. The summed E-state index contributed by atoms with van der Waals surface area (Å²) in [5.74, 6) is -0.273. The van der Waals surface area contributed by atoms with E-state index in [-0.39, 0.29) is 11.6 Å². The molecule has 0 saturated heterocycles. The molecule has 0 unspecified atom stereocenters. The summed E-state index contributed by atoms with van der Waals surface area (Å²) in [6.45, 7) is 0. The van der Waals surface area contributed by atoms with Gasteiger partial charge in [0.2, 0.25) is 0 Å². The van der Waals surface area contributed by atoms with Gasteiger partial charge in [-0.3, -0.25) is 4.79 Å². The molecule has 1 heterocycles. The van der Waals surface area contributed by atoms with Crippen LogP contribution in [-0.2, 0) is 0 Å². The highest BCUT2D eigenvalue weighted by Gasteiger charge is 2.08. The van der Waals surface area contributed by atoms with Crippen LogP contribution in [-0.4, -0.2) is 27.6 Å². The number of aromatic amines is 1. The molecule has 5 nitrogen and oxygen atoms in total. The van der Waals surface area contributed by atoms with Crippen LogP contribution >= 0.6 is 11.8 Å². The quantitative estimate of drug-likeness (QED) is 0.794. The Balaban J connectivity index is 2.06. The molecule has 6 heteroatoms. The minimum Gasteiger partial charge on any atom is -0.321 e. The Morgan fingerprint density at radius 2 is 2.12 bits per heavy atom. The van der Waals surface area contributed by atoms with Crippen molar-refractivity contribution in [2.24, 2.45) is 0 Å². The van der Waals surface area contributed by atoms with Crippen molar-refractivity contribution in [3.8, 4) is 0 Å². The van der Waals surface area contributed by atoms with Crippen LogP contribution in [0, 0.1) is 0 Å². The highest BCUT2D eigenvalue weighted by atomic mass is 32.2. The van der Waals surface area contributed by atoms with Crippen LogP contribution in [0.1, 0.15) is 10.5 Å². The van der Waals surface area contributed by atoms with Crippen LogP contribution in [0.25, 0.3) is 0 Å². The summed E-state index contributed by atoms with van der Waals surface area (Å²) in [6.07, 6.45) is 3.38. The van der Waals surface area contributed by atoms with Gasteiger partial charge in [0.05, 0.1) is 6.20 Å². The first-order valence-corrected chi connectivity index (χ1v) is 5.83. The van der Waals surface area contributed by atoms with E-state index in [1.165, 1.54) is 6.20 Å². The zero-order chi connectivity index (χ0) is 11.4. The van der Waals surface area contributed by atoms with Crippen molar-refractivity contribution >= 4 is 23.4 Å². The third kappa shape index (κ3) is 2.40. The van der Waals surface area contributed by atoms with Crippen LogP contribution in [0.2, 0.25) is 0 Å². The lowest BCUT2D eigenvalue weighted by molar-refractivity contribution is 0.102. The molecule has 0 aliphatic carbocycles. The molecule has 0 bridgehead atoms. The molecule has 0 aliphatic rings. The first-order valence-electron chi connectivity index (χ1n) is 4.61. The molecule has 2 N–H and O–H groups in total. The van der Waals surface area contributed by atoms with Crippen LogP contribution in [0.3, 0.4) is 0 Å². The number of aromatic nitrogens is 3. The molecule has 0 aliphatic heterocycles. The summed E-state index contributed by atoms with van der Waals surface area (Å²) in [7, 11) is 0. The van der Waals surface area contributed by atoms with Gasteiger partial charge < -0.3 is 5.32 Å². The largest absolute Gasteiger partial charge is 0.321 e. The second-order valence-corrected chi connectivity index (χ2v) is 3.92. The number of carbonyl (C=O) groups is 1. The summed E-state index contributed by atoms with van der Waals surface area (Å²) >= 11 is 1.65. The van der Waals surface area contributed by atoms with Gasteiger partial charge >= 0.3 is 0 Å². The zero-order valence-corrected chi connectivity index (χ0v) is 9.41. The van der Waals surface area contributed by atoms with Crippen LogP contribution in [0.5, 0.6) is 0 Å². The van der Waals surface area contributed by atoms with E-state index in [0.29, 0.717) is 0 Å². The van der Waals surface area contributed by atoms with E-state index < -0.39 is 0 Å². The molecule has 2 aromatic rings. The number of carbonyl (C=O) groups excluding carboxylic acids is 1. The number of benzene rings is 1. The van der Waals surface area contributed by atoms with Gasteiger partial charge in [0.1, 0.15) is 0 Å². The Kier molecular flexibility index (Phi) is 3.21. The zero-order valence-electron chi connectivity index (χ0n) is 8.60. The molecule has 1 aromatic carbocycles. The van der Waals surface area contributed by atoms with E-state index in [2.05, 4.69) is 20.7 Å². The average Bonchev–Trinajstić information content (AvgIpc) is 2.83. The lowest BCUT2D eigenvalue weighted by Crippen LogP contribution is -2.12. The first-order chi connectivity index (χ1) is 7.79. The molecule has 0 atom stereocenters. The Labute approximate surface area is 96.6 Å². The summed E-state index contributed by atoms with van der Waals surface area (Å²) in [5, 5.41) is 12.4. The molecule has 0 saturated carbocycles. The van der Waals surface area contributed by atoms with Crippen molar-refractivity contribution < 1.29 is 4.79 Å². The van der Waals surface area contributed by atoms with Crippen molar-refractivity contribution in [3.05, 3.63) is 36.2 Å². The molecule has 1 amide bonds. The molecule has 82 valence electrons. The fourth-order valence-electron chi connectivity index (χ4n) is 1.18. The fraction of sp³-hybridized carbons (Fsp3) is 0.100. The number of hydrogen-bond acceptors (Lipinski definition) is 4. The van der Waals surface area contributed by atoms with Crippen molar-refractivity contribution in [2.75, 3.05) is 11.6 Å². The number of anilines is 1.